The number of furan rings is 1. The van der Waals surface area contributed by atoms with Gasteiger partial charge < -0.3 is 23.5 Å². The highest BCUT2D eigenvalue weighted by Crippen LogP contribution is 2.40. The molecule has 1 fully saturated rings. The smallest absolute Gasteiger partial charge is 0.255 e. The molecule has 0 radical (unpaired) electrons. The van der Waals surface area contributed by atoms with Gasteiger partial charge in [0.15, 0.2) is 22.8 Å². The topological polar surface area (TPSA) is 124 Å². The first-order valence-corrected chi connectivity index (χ1v) is 13.1. The number of ether oxygens (including phenoxy) is 3. The molecule has 1 aliphatic rings. The van der Waals surface area contributed by atoms with Crippen LogP contribution in [0.15, 0.2) is 41.1 Å². The van der Waals surface area contributed by atoms with Crippen LogP contribution >= 0.6 is 0 Å². The van der Waals surface area contributed by atoms with Crippen LogP contribution in [-0.4, -0.2) is 66.3 Å². The molecule has 1 saturated heterocycles. The zero-order valence-corrected chi connectivity index (χ0v) is 23.2. The summed E-state index contributed by atoms with van der Waals surface area (Å²) >= 11 is 0. The van der Waals surface area contributed by atoms with E-state index in [-0.39, 0.29) is 23.6 Å². The molecule has 1 amide bonds. The van der Waals surface area contributed by atoms with Crippen LogP contribution in [0.5, 0.6) is 11.5 Å². The molecule has 40 heavy (non-hydrogen) atoms. The molecule has 0 aliphatic carbocycles. The molecule has 4 aromatic rings. The number of hydrogen-bond donors (Lipinski definition) is 0. The van der Waals surface area contributed by atoms with Crippen LogP contribution in [0.2, 0.25) is 0 Å². The van der Waals surface area contributed by atoms with E-state index in [9.17, 15) is 10.1 Å². The molecule has 5 rings (SSSR count). The lowest BCUT2D eigenvalue weighted by molar-refractivity contribution is 0.0253. The molecule has 0 N–H and O–H groups in total. The number of rotatable bonds is 7. The number of methoxy groups -OCH3 is 1. The number of aromatic nitrogens is 3. The maximum atomic E-state index is 12.4. The second kappa shape index (κ2) is 11.3. The Labute approximate surface area is 232 Å². The predicted octanol–water partition coefficient (Wildman–Crippen LogP) is 5.22. The molecule has 10 nitrogen and oxygen atoms in total. The molecule has 1 aliphatic heterocycles. The van der Waals surface area contributed by atoms with Crippen molar-refractivity contribution < 1.29 is 23.4 Å². The first-order valence-electron chi connectivity index (χ1n) is 13.1. The van der Waals surface area contributed by atoms with Gasteiger partial charge >= 0.3 is 0 Å². The van der Waals surface area contributed by atoms with Crippen molar-refractivity contribution in [3.05, 3.63) is 53.5 Å². The normalized spacial score (nSPS) is 13.8. The second-order valence-electron chi connectivity index (χ2n) is 10.1. The fourth-order valence-corrected chi connectivity index (χ4v) is 4.70. The Balaban J connectivity index is 1.60. The van der Waals surface area contributed by atoms with Crippen LogP contribution in [-0.2, 0) is 4.74 Å². The van der Waals surface area contributed by atoms with Gasteiger partial charge in [-0.05, 0) is 29.7 Å². The Hall–Kier alpha value is -4.49. The minimum Gasteiger partial charge on any atom is -0.494 e. The van der Waals surface area contributed by atoms with E-state index in [1.807, 2.05) is 12.3 Å². The molecule has 0 saturated carbocycles. The third-order valence-corrected chi connectivity index (χ3v) is 6.83. The van der Waals surface area contributed by atoms with Gasteiger partial charge in [0, 0.05) is 45.4 Å². The zero-order valence-electron chi connectivity index (χ0n) is 23.2. The Morgan fingerprint density at radius 2 is 1.90 bits per heavy atom. The molecule has 0 aromatic carbocycles. The van der Waals surface area contributed by atoms with Crippen molar-refractivity contribution in [1.82, 2.24) is 19.9 Å². The van der Waals surface area contributed by atoms with Gasteiger partial charge in [-0.1, -0.05) is 13.8 Å². The first-order chi connectivity index (χ1) is 19.3. The minimum absolute atomic E-state index is 0.0122. The van der Waals surface area contributed by atoms with Gasteiger partial charge in [0.25, 0.3) is 5.91 Å². The van der Waals surface area contributed by atoms with Gasteiger partial charge in [0.05, 0.1) is 37.1 Å². The molecule has 0 spiro atoms. The number of nitriles is 1. The molecular weight excluding hydrogens is 510 g/mol. The van der Waals surface area contributed by atoms with Crippen molar-refractivity contribution in [2.75, 3.05) is 34.4 Å². The fraction of sp³-hybridized carbons (Fsp3) is 0.367. The number of amides is 1. The molecule has 0 bridgehead atoms. The summed E-state index contributed by atoms with van der Waals surface area (Å²) in [6.07, 6.45) is 4.84. The van der Waals surface area contributed by atoms with Gasteiger partial charge in [-0.2, -0.15) is 5.26 Å². The lowest BCUT2D eigenvalue weighted by atomic mass is 9.96. The van der Waals surface area contributed by atoms with Crippen LogP contribution in [0.3, 0.4) is 0 Å². The van der Waals surface area contributed by atoms with Crippen molar-refractivity contribution >= 4 is 17.0 Å². The van der Waals surface area contributed by atoms with E-state index in [0.29, 0.717) is 58.5 Å². The van der Waals surface area contributed by atoms with Crippen LogP contribution in [0, 0.1) is 11.3 Å². The van der Waals surface area contributed by atoms with E-state index >= 15 is 0 Å². The molecule has 10 heteroatoms. The molecule has 5 heterocycles. The lowest BCUT2D eigenvalue weighted by Gasteiger charge is -2.23. The molecule has 0 atom stereocenters. The van der Waals surface area contributed by atoms with Gasteiger partial charge in [0.2, 0.25) is 0 Å². The summed E-state index contributed by atoms with van der Waals surface area (Å²) in [5.74, 6) is 1.21. The van der Waals surface area contributed by atoms with Gasteiger partial charge in [-0.25, -0.2) is 9.97 Å². The zero-order chi connectivity index (χ0) is 28.4. The van der Waals surface area contributed by atoms with E-state index in [1.165, 1.54) is 18.2 Å². The minimum atomic E-state index is -0.184. The fourth-order valence-electron chi connectivity index (χ4n) is 4.70. The van der Waals surface area contributed by atoms with Crippen LogP contribution in [0.4, 0.5) is 0 Å². The Morgan fingerprint density at radius 1 is 1.12 bits per heavy atom. The third-order valence-electron chi connectivity index (χ3n) is 6.83. The largest absolute Gasteiger partial charge is 0.494 e. The van der Waals surface area contributed by atoms with Crippen molar-refractivity contribution in [2.24, 2.45) is 0 Å². The Morgan fingerprint density at radius 3 is 2.58 bits per heavy atom. The highest BCUT2D eigenvalue weighted by molar-refractivity contribution is 5.96. The van der Waals surface area contributed by atoms with E-state index < -0.39 is 0 Å². The molecule has 206 valence electrons. The summed E-state index contributed by atoms with van der Waals surface area (Å²) in [5, 5.41) is 9.92. The molecule has 0 unspecified atom stereocenters. The number of pyridine rings is 3. The summed E-state index contributed by atoms with van der Waals surface area (Å²) in [4.78, 5) is 27.8. The van der Waals surface area contributed by atoms with Gasteiger partial charge in [-0.3, -0.25) is 9.78 Å². The highest BCUT2D eigenvalue weighted by Gasteiger charge is 2.24. The lowest BCUT2D eigenvalue weighted by Crippen LogP contribution is -2.26. The standard InChI is InChI=1S/C30H31N5O5/c1-17(2)20-16-32-22-13-26(28-25(37-5)12-18(15-33-28)30(36)35(3)4)40-29(22)27(20)21-6-7-24(23(14-31)34-21)39-19-8-10-38-11-9-19/h6-7,12-13,15-17,19H,8-11H2,1-5H3. The second-order valence-corrected chi connectivity index (χ2v) is 10.1. The van der Waals surface area contributed by atoms with Gasteiger partial charge in [-0.15, -0.1) is 0 Å². The summed E-state index contributed by atoms with van der Waals surface area (Å²) in [7, 11) is 4.87. The molecule has 4 aromatic heterocycles. The van der Waals surface area contributed by atoms with Crippen molar-refractivity contribution in [3.63, 3.8) is 0 Å². The van der Waals surface area contributed by atoms with Crippen LogP contribution in [0.25, 0.3) is 33.8 Å². The monoisotopic (exact) mass is 541 g/mol. The number of carbonyl (C=O) groups excluding carboxylic acids is 1. The van der Waals surface area contributed by atoms with E-state index in [0.717, 1.165) is 24.0 Å². The van der Waals surface area contributed by atoms with Crippen molar-refractivity contribution in [2.45, 2.75) is 38.7 Å². The number of fused-ring (bicyclic) bond motifs is 1. The third kappa shape index (κ3) is 5.20. The summed E-state index contributed by atoms with van der Waals surface area (Å²) in [6, 6.07) is 9.26. The Bertz CT molecular complexity index is 1600. The summed E-state index contributed by atoms with van der Waals surface area (Å²) in [6.45, 7) is 5.41. The van der Waals surface area contributed by atoms with E-state index in [4.69, 9.17) is 23.6 Å². The Kier molecular flexibility index (Phi) is 7.67. The SMILES string of the molecule is COc1cc(C(=O)N(C)C)cnc1-c1cc2ncc(C(C)C)c(-c3ccc(OC4CCOCC4)c(C#N)n3)c2o1. The van der Waals surface area contributed by atoms with Crippen molar-refractivity contribution in [1.29, 1.82) is 5.26 Å². The van der Waals surface area contributed by atoms with E-state index in [1.54, 1.807) is 32.3 Å². The van der Waals surface area contributed by atoms with Crippen LogP contribution < -0.4 is 9.47 Å². The maximum absolute atomic E-state index is 12.4. The first kappa shape index (κ1) is 27.1. The number of hydrogen-bond acceptors (Lipinski definition) is 9. The van der Waals surface area contributed by atoms with Crippen LogP contribution in [0.1, 0.15) is 54.2 Å². The molecular formula is C30H31N5O5. The number of carbonyl (C=O) groups is 1. The average molecular weight is 542 g/mol. The van der Waals surface area contributed by atoms with E-state index in [2.05, 4.69) is 29.9 Å². The van der Waals surface area contributed by atoms with Crippen molar-refractivity contribution in [3.8, 4) is 40.3 Å². The summed E-state index contributed by atoms with van der Waals surface area (Å²) in [5.41, 5.74) is 4.44. The number of nitrogens with zero attached hydrogens (tertiary/aromatic N) is 5. The quantitative estimate of drug-likeness (QED) is 0.310. The van der Waals surface area contributed by atoms with Gasteiger partial charge in [0.1, 0.15) is 29.1 Å². The average Bonchev–Trinajstić information content (AvgIpc) is 3.40. The predicted molar refractivity (Wildman–Crippen MR) is 148 cm³/mol. The maximum Gasteiger partial charge on any atom is 0.255 e. The highest BCUT2D eigenvalue weighted by atomic mass is 16.5. The summed E-state index contributed by atoms with van der Waals surface area (Å²) < 4.78 is 23.5.